The molecule has 1 heterocycles. The fraction of sp³-hybridized carbons (Fsp3) is 0.231. The van der Waals surface area contributed by atoms with E-state index in [-0.39, 0.29) is 17.2 Å². The summed E-state index contributed by atoms with van der Waals surface area (Å²) < 4.78 is 13.6. The maximum absolute atomic E-state index is 13.6. The number of carbonyl (C=O) groups excluding carboxylic acids is 1. The van der Waals surface area contributed by atoms with Crippen molar-refractivity contribution in [1.29, 1.82) is 0 Å². The highest BCUT2D eigenvalue weighted by atomic mass is 19.1. The molecule has 7 heteroatoms. The third-order valence-corrected chi connectivity index (χ3v) is 2.96. The Balaban J connectivity index is 2.26. The summed E-state index contributed by atoms with van der Waals surface area (Å²) in [5.74, 6) is -1.01. The van der Waals surface area contributed by atoms with Crippen molar-refractivity contribution in [3.63, 3.8) is 0 Å². The van der Waals surface area contributed by atoms with Crippen LogP contribution in [0.1, 0.15) is 27.3 Å². The van der Waals surface area contributed by atoms with E-state index < -0.39 is 11.7 Å². The van der Waals surface area contributed by atoms with Gasteiger partial charge < -0.3 is 5.73 Å². The predicted molar refractivity (Wildman–Crippen MR) is 72.8 cm³/mol. The van der Waals surface area contributed by atoms with Crippen molar-refractivity contribution in [2.75, 3.05) is 11.1 Å². The van der Waals surface area contributed by atoms with Crippen molar-refractivity contribution in [3.05, 3.63) is 40.5 Å². The molecule has 0 aliphatic heterocycles. The standard InChI is InChI=1S/C13H14FN5O/c1-6-10(14)4-9(5-11(6)15)12(20)17-13-16-7(2)8(3)18-19-13/h4-5H,15H2,1-3H3,(H,16,17,19,20). The molecular weight excluding hydrogens is 261 g/mol. The zero-order chi connectivity index (χ0) is 14.9. The number of aromatic nitrogens is 3. The van der Waals surface area contributed by atoms with E-state index in [9.17, 15) is 9.18 Å². The van der Waals surface area contributed by atoms with Crippen molar-refractivity contribution in [3.8, 4) is 0 Å². The second-order valence-electron chi connectivity index (χ2n) is 4.43. The van der Waals surface area contributed by atoms with Crippen LogP contribution in [0.4, 0.5) is 16.0 Å². The number of halogens is 1. The van der Waals surface area contributed by atoms with E-state index in [4.69, 9.17) is 5.73 Å². The summed E-state index contributed by atoms with van der Waals surface area (Å²) in [4.78, 5) is 16.1. The summed E-state index contributed by atoms with van der Waals surface area (Å²) in [7, 11) is 0. The van der Waals surface area contributed by atoms with Crippen LogP contribution < -0.4 is 11.1 Å². The van der Waals surface area contributed by atoms with Gasteiger partial charge in [0.05, 0.1) is 11.4 Å². The highest BCUT2D eigenvalue weighted by Gasteiger charge is 2.13. The summed E-state index contributed by atoms with van der Waals surface area (Å²) in [6, 6.07) is 2.53. The van der Waals surface area contributed by atoms with Crippen LogP contribution in [0.15, 0.2) is 12.1 Å². The molecule has 0 atom stereocenters. The molecule has 0 saturated carbocycles. The van der Waals surface area contributed by atoms with Gasteiger partial charge >= 0.3 is 0 Å². The zero-order valence-electron chi connectivity index (χ0n) is 11.4. The summed E-state index contributed by atoms with van der Waals surface area (Å²) in [5, 5.41) is 10.1. The van der Waals surface area contributed by atoms with Gasteiger partial charge in [-0.2, -0.15) is 5.10 Å². The first-order chi connectivity index (χ1) is 9.38. The van der Waals surface area contributed by atoms with Gasteiger partial charge in [-0.15, -0.1) is 5.10 Å². The van der Waals surface area contributed by atoms with E-state index in [1.807, 2.05) is 0 Å². The molecule has 2 rings (SSSR count). The summed E-state index contributed by atoms with van der Waals surface area (Å²) in [6.45, 7) is 5.06. The number of hydrogen-bond donors (Lipinski definition) is 2. The van der Waals surface area contributed by atoms with Crippen LogP contribution in [0, 0.1) is 26.6 Å². The number of carbonyl (C=O) groups is 1. The number of nitrogens with two attached hydrogens (primary N) is 1. The maximum Gasteiger partial charge on any atom is 0.258 e. The van der Waals surface area contributed by atoms with Gasteiger partial charge in [0.1, 0.15) is 5.82 Å². The molecule has 0 aliphatic rings. The minimum atomic E-state index is -0.541. The molecule has 1 amide bonds. The Hall–Kier alpha value is -2.57. The first-order valence-electron chi connectivity index (χ1n) is 5.93. The number of benzene rings is 1. The smallest absolute Gasteiger partial charge is 0.258 e. The molecular formula is C13H14FN5O. The number of hydrogen-bond acceptors (Lipinski definition) is 5. The lowest BCUT2D eigenvalue weighted by atomic mass is 10.1. The Morgan fingerprint density at radius 2 is 1.90 bits per heavy atom. The average Bonchev–Trinajstić information content (AvgIpc) is 2.39. The molecule has 20 heavy (non-hydrogen) atoms. The first kappa shape index (κ1) is 13.9. The van der Waals surface area contributed by atoms with Gasteiger partial charge in [-0.25, -0.2) is 9.37 Å². The highest BCUT2D eigenvalue weighted by Crippen LogP contribution is 2.18. The van der Waals surface area contributed by atoms with Gasteiger partial charge in [-0.3, -0.25) is 10.1 Å². The van der Waals surface area contributed by atoms with Crippen molar-refractivity contribution in [2.45, 2.75) is 20.8 Å². The molecule has 104 valence electrons. The van der Waals surface area contributed by atoms with Crippen molar-refractivity contribution >= 4 is 17.5 Å². The molecule has 1 aromatic carbocycles. The number of nitrogens with one attached hydrogen (secondary N) is 1. The van der Waals surface area contributed by atoms with Crippen LogP contribution in [-0.2, 0) is 0 Å². The summed E-state index contributed by atoms with van der Waals surface area (Å²) >= 11 is 0. The monoisotopic (exact) mass is 275 g/mol. The Morgan fingerprint density at radius 1 is 1.20 bits per heavy atom. The lowest BCUT2D eigenvalue weighted by Crippen LogP contribution is -2.16. The van der Waals surface area contributed by atoms with Crippen molar-refractivity contribution in [1.82, 2.24) is 15.2 Å². The van der Waals surface area contributed by atoms with Gasteiger partial charge in [-0.05, 0) is 32.9 Å². The van der Waals surface area contributed by atoms with Gasteiger partial charge in [-0.1, -0.05) is 0 Å². The van der Waals surface area contributed by atoms with Crippen molar-refractivity contribution in [2.24, 2.45) is 0 Å². The second kappa shape index (κ2) is 5.20. The Morgan fingerprint density at radius 3 is 2.50 bits per heavy atom. The molecule has 0 radical (unpaired) electrons. The number of nitrogen functional groups attached to an aromatic ring is 1. The second-order valence-corrected chi connectivity index (χ2v) is 4.43. The highest BCUT2D eigenvalue weighted by molar-refractivity contribution is 6.03. The quantitative estimate of drug-likeness (QED) is 0.815. The topological polar surface area (TPSA) is 93.8 Å². The lowest BCUT2D eigenvalue weighted by Gasteiger charge is -2.07. The van der Waals surface area contributed by atoms with Gasteiger partial charge in [0.25, 0.3) is 5.91 Å². The third-order valence-electron chi connectivity index (χ3n) is 2.96. The SMILES string of the molecule is Cc1nnc(NC(=O)c2cc(N)c(C)c(F)c2)nc1C. The third kappa shape index (κ3) is 2.71. The van der Waals surface area contributed by atoms with E-state index in [1.54, 1.807) is 20.8 Å². The molecule has 1 aromatic heterocycles. The van der Waals surface area contributed by atoms with Gasteiger partial charge in [0.2, 0.25) is 5.95 Å². The number of aryl methyl sites for hydroxylation is 2. The van der Waals surface area contributed by atoms with E-state index in [1.165, 1.54) is 6.07 Å². The Bertz CT molecular complexity index is 663. The average molecular weight is 275 g/mol. The van der Waals surface area contributed by atoms with Crippen LogP contribution in [0.25, 0.3) is 0 Å². The minimum Gasteiger partial charge on any atom is -0.398 e. The molecule has 0 saturated heterocycles. The molecule has 0 spiro atoms. The number of amides is 1. The summed E-state index contributed by atoms with van der Waals surface area (Å²) in [5.41, 5.74) is 7.60. The Labute approximate surface area is 115 Å². The first-order valence-corrected chi connectivity index (χ1v) is 5.93. The van der Waals surface area contributed by atoms with Crippen LogP contribution in [0.2, 0.25) is 0 Å². The minimum absolute atomic E-state index is 0.0673. The van der Waals surface area contributed by atoms with Gasteiger partial charge in [0, 0.05) is 16.8 Å². The Kier molecular flexibility index (Phi) is 3.60. The number of anilines is 2. The van der Waals surface area contributed by atoms with E-state index in [2.05, 4.69) is 20.5 Å². The molecule has 0 fully saturated rings. The maximum atomic E-state index is 13.6. The van der Waals surface area contributed by atoms with Crippen LogP contribution >= 0.6 is 0 Å². The molecule has 0 bridgehead atoms. The number of rotatable bonds is 2. The molecule has 6 nitrogen and oxygen atoms in total. The van der Waals surface area contributed by atoms with E-state index in [0.717, 1.165) is 6.07 Å². The normalized spacial score (nSPS) is 10.4. The molecule has 2 aromatic rings. The molecule has 0 aliphatic carbocycles. The van der Waals surface area contributed by atoms with Crippen LogP contribution in [-0.4, -0.2) is 21.1 Å². The van der Waals surface area contributed by atoms with Crippen LogP contribution in [0.3, 0.4) is 0 Å². The largest absolute Gasteiger partial charge is 0.398 e. The molecule has 3 N–H and O–H groups in total. The lowest BCUT2D eigenvalue weighted by molar-refractivity contribution is 0.102. The zero-order valence-corrected chi connectivity index (χ0v) is 11.4. The van der Waals surface area contributed by atoms with Crippen LogP contribution in [0.5, 0.6) is 0 Å². The van der Waals surface area contributed by atoms with Crippen molar-refractivity contribution < 1.29 is 9.18 Å². The van der Waals surface area contributed by atoms with E-state index >= 15 is 0 Å². The van der Waals surface area contributed by atoms with Gasteiger partial charge in [0.15, 0.2) is 0 Å². The summed E-state index contributed by atoms with van der Waals surface area (Å²) in [6.07, 6.45) is 0. The fourth-order valence-corrected chi connectivity index (χ4v) is 1.51. The fourth-order valence-electron chi connectivity index (χ4n) is 1.51. The number of nitrogens with zero attached hydrogens (tertiary/aromatic N) is 3. The predicted octanol–water partition coefficient (Wildman–Crippen LogP) is 1.77. The molecule has 0 unspecified atom stereocenters. The van der Waals surface area contributed by atoms with E-state index in [0.29, 0.717) is 17.0 Å².